The summed E-state index contributed by atoms with van der Waals surface area (Å²) in [6, 6.07) is -0.123. The molecule has 4 atom stereocenters. The molecule has 1 saturated carbocycles. The Morgan fingerprint density at radius 1 is 1.21 bits per heavy atom. The van der Waals surface area contributed by atoms with Crippen LogP contribution in [-0.4, -0.2) is 61.1 Å². The molecule has 0 aromatic rings. The van der Waals surface area contributed by atoms with E-state index in [1.807, 2.05) is 18.7 Å². The summed E-state index contributed by atoms with van der Waals surface area (Å²) >= 11 is 0. The van der Waals surface area contributed by atoms with E-state index < -0.39 is 5.79 Å². The molecule has 3 aliphatic rings. The molecule has 4 unspecified atom stereocenters. The molecular formula is C13H22N2O4. The molecule has 3 fully saturated rings. The van der Waals surface area contributed by atoms with Crippen LogP contribution in [0.5, 0.6) is 0 Å². The van der Waals surface area contributed by atoms with Gasteiger partial charge in [0.25, 0.3) is 0 Å². The van der Waals surface area contributed by atoms with Crippen molar-refractivity contribution in [3.8, 4) is 0 Å². The minimum atomic E-state index is -0.642. The minimum Gasteiger partial charge on any atom is -0.378 e. The summed E-state index contributed by atoms with van der Waals surface area (Å²) in [4.78, 5) is 14.4. The van der Waals surface area contributed by atoms with Gasteiger partial charge in [-0.25, -0.2) is 0 Å². The van der Waals surface area contributed by atoms with Gasteiger partial charge < -0.3 is 24.8 Å². The van der Waals surface area contributed by atoms with Gasteiger partial charge in [-0.1, -0.05) is 0 Å². The Hall–Kier alpha value is -0.690. The van der Waals surface area contributed by atoms with Crippen molar-refractivity contribution < 1.29 is 19.0 Å². The molecule has 6 heteroatoms. The Kier molecular flexibility index (Phi) is 3.29. The fourth-order valence-electron chi connectivity index (χ4n) is 3.28. The van der Waals surface area contributed by atoms with Crippen LogP contribution in [0.4, 0.5) is 0 Å². The summed E-state index contributed by atoms with van der Waals surface area (Å²) in [7, 11) is 0. The van der Waals surface area contributed by atoms with Crippen LogP contribution in [0.15, 0.2) is 0 Å². The average molecular weight is 270 g/mol. The molecule has 0 aromatic heterocycles. The predicted molar refractivity (Wildman–Crippen MR) is 67.3 cm³/mol. The first-order chi connectivity index (χ1) is 8.98. The second-order valence-electron chi connectivity index (χ2n) is 6.01. The highest BCUT2D eigenvalue weighted by Crippen LogP contribution is 2.41. The van der Waals surface area contributed by atoms with Gasteiger partial charge in [0.1, 0.15) is 12.2 Å². The van der Waals surface area contributed by atoms with Gasteiger partial charge in [-0.15, -0.1) is 0 Å². The highest BCUT2D eigenvalue weighted by atomic mass is 16.8. The predicted octanol–water partition coefficient (Wildman–Crippen LogP) is -0.287. The number of carbonyl (C=O) groups is 1. The molecule has 1 aliphatic carbocycles. The number of amides is 1. The molecule has 2 aliphatic heterocycles. The molecule has 0 spiro atoms. The van der Waals surface area contributed by atoms with Crippen LogP contribution in [0.3, 0.4) is 0 Å². The van der Waals surface area contributed by atoms with E-state index in [9.17, 15) is 4.79 Å². The van der Waals surface area contributed by atoms with Crippen molar-refractivity contribution in [2.45, 2.75) is 44.3 Å². The molecule has 1 amide bonds. The zero-order valence-corrected chi connectivity index (χ0v) is 11.5. The lowest BCUT2D eigenvalue weighted by atomic mass is 10.0. The number of hydrogen-bond donors (Lipinski definition) is 1. The maximum atomic E-state index is 12.6. The minimum absolute atomic E-state index is 0.123. The number of hydrogen-bond acceptors (Lipinski definition) is 5. The first-order valence-electron chi connectivity index (χ1n) is 6.96. The quantitative estimate of drug-likeness (QED) is 0.709. The first-order valence-corrected chi connectivity index (χ1v) is 6.96. The van der Waals surface area contributed by atoms with Gasteiger partial charge in [0, 0.05) is 19.1 Å². The lowest BCUT2D eigenvalue weighted by Gasteiger charge is -2.31. The summed E-state index contributed by atoms with van der Waals surface area (Å²) in [5.41, 5.74) is 6.10. The molecule has 2 N–H and O–H groups in total. The van der Waals surface area contributed by atoms with Gasteiger partial charge in [0.05, 0.1) is 19.1 Å². The molecule has 108 valence electrons. The number of nitrogens with two attached hydrogens (primary N) is 1. The number of ether oxygens (including phenoxy) is 3. The van der Waals surface area contributed by atoms with Crippen LogP contribution < -0.4 is 5.73 Å². The third kappa shape index (κ3) is 2.38. The van der Waals surface area contributed by atoms with Crippen molar-refractivity contribution in [2.75, 3.05) is 26.3 Å². The number of nitrogens with zero attached hydrogens (tertiary/aromatic N) is 1. The molecule has 0 bridgehead atoms. The largest absolute Gasteiger partial charge is 0.378 e. The smallest absolute Gasteiger partial charge is 0.228 e. The van der Waals surface area contributed by atoms with Crippen LogP contribution in [0.1, 0.15) is 20.3 Å². The fraction of sp³-hybridized carbons (Fsp3) is 0.923. The number of morpholine rings is 1. The van der Waals surface area contributed by atoms with Crippen LogP contribution in [0.25, 0.3) is 0 Å². The van der Waals surface area contributed by atoms with Gasteiger partial charge in [-0.3, -0.25) is 4.79 Å². The number of fused-ring (bicyclic) bond motifs is 1. The van der Waals surface area contributed by atoms with E-state index in [2.05, 4.69) is 0 Å². The Labute approximate surface area is 113 Å². The third-order valence-electron chi connectivity index (χ3n) is 4.15. The van der Waals surface area contributed by atoms with Crippen LogP contribution in [-0.2, 0) is 19.0 Å². The lowest BCUT2D eigenvalue weighted by molar-refractivity contribution is -0.165. The fourth-order valence-corrected chi connectivity index (χ4v) is 3.28. The standard InChI is InChI=1S/C13H22N2O4/c1-13(2)18-10-8(7-9(14)11(10)19-13)12(16)15-3-5-17-6-4-15/h8-11H,3-7,14H2,1-2H3. The second-order valence-corrected chi connectivity index (χ2v) is 6.01. The summed E-state index contributed by atoms with van der Waals surface area (Å²) in [5.74, 6) is -0.691. The van der Waals surface area contributed by atoms with Gasteiger partial charge in [0.15, 0.2) is 5.79 Å². The van der Waals surface area contributed by atoms with E-state index in [4.69, 9.17) is 19.9 Å². The van der Waals surface area contributed by atoms with Crippen molar-refractivity contribution in [2.24, 2.45) is 11.7 Å². The van der Waals surface area contributed by atoms with E-state index in [-0.39, 0.29) is 30.1 Å². The van der Waals surface area contributed by atoms with Crippen LogP contribution in [0.2, 0.25) is 0 Å². The molecule has 6 nitrogen and oxygen atoms in total. The van der Waals surface area contributed by atoms with E-state index in [1.54, 1.807) is 0 Å². The Morgan fingerprint density at radius 2 is 1.84 bits per heavy atom. The maximum Gasteiger partial charge on any atom is 0.228 e. The Bertz CT molecular complexity index is 368. The monoisotopic (exact) mass is 270 g/mol. The van der Waals surface area contributed by atoms with Gasteiger partial charge in [-0.05, 0) is 20.3 Å². The van der Waals surface area contributed by atoms with Crippen molar-refractivity contribution in [3.05, 3.63) is 0 Å². The highest BCUT2D eigenvalue weighted by molar-refractivity contribution is 5.80. The Morgan fingerprint density at radius 3 is 2.53 bits per heavy atom. The topological polar surface area (TPSA) is 74.0 Å². The maximum absolute atomic E-state index is 12.6. The molecule has 3 rings (SSSR count). The average Bonchev–Trinajstić information content (AvgIpc) is 2.85. The summed E-state index contributed by atoms with van der Waals surface area (Å²) in [6.07, 6.45) is 0.270. The van der Waals surface area contributed by atoms with Gasteiger partial charge >= 0.3 is 0 Å². The van der Waals surface area contributed by atoms with E-state index in [0.717, 1.165) is 0 Å². The van der Waals surface area contributed by atoms with Crippen LogP contribution >= 0.6 is 0 Å². The number of rotatable bonds is 1. The van der Waals surface area contributed by atoms with Gasteiger partial charge in [0.2, 0.25) is 5.91 Å². The van der Waals surface area contributed by atoms with Crippen molar-refractivity contribution >= 4 is 5.91 Å². The Balaban J connectivity index is 1.72. The summed E-state index contributed by atoms with van der Waals surface area (Å²) < 4.78 is 17.0. The third-order valence-corrected chi connectivity index (χ3v) is 4.15. The van der Waals surface area contributed by atoms with Crippen LogP contribution in [0, 0.1) is 5.92 Å². The zero-order chi connectivity index (χ0) is 13.6. The second kappa shape index (κ2) is 4.70. The molecule has 0 radical (unpaired) electrons. The number of carbonyl (C=O) groups excluding carboxylic acids is 1. The van der Waals surface area contributed by atoms with Crippen molar-refractivity contribution in [1.82, 2.24) is 4.90 Å². The summed E-state index contributed by atoms with van der Waals surface area (Å²) in [6.45, 7) is 6.28. The molecule has 2 heterocycles. The summed E-state index contributed by atoms with van der Waals surface area (Å²) in [5, 5.41) is 0. The molecule has 19 heavy (non-hydrogen) atoms. The lowest BCUT2D eigenvalue weighted by Crippen LogP contribution is -2.46. The first kappa shape index (κ1) is 13.3. The zero-order valence-electron chi connectivity index (χ0n) is 11.5. The molecule has 2 saturated heterocycles. The highest BCUT2D eigenvalue weighted by Gasteiger charge is 2.55. The van der Waals surface area contributed by atoms with Gasteiger partial charge in [-0.2, -0.15) is 0 Å². The van der Waals surface area contributed by atoms with Crippen molar-refractivity contribution in [1.29, 1.82) is 0 Å². The van der Waals surface area contributed by atoms with E-state index >= 15 is 0 Å². The molecule has 0 aromatic carbocycles. The normalized spacial score (nSPS) is 41.3. The van der Waals surface area contributed by atoms with E-state index in [1.165, 1.54) is 0 Å². The molecular weight excluding hydrogens is 248 g/mol. The SMILES string of the molecule is CC1(C)OC2C(N)CC(C(=O)N3CCOCC3)C2O1. The van der Waals surface area contributed by atoms with Crippen molar-refractivity contribution in [3.63, 3.8) is 0 Å². The van der Waals surface area contributed by atoms with E-state index in [0.29, 0.717) is 32.7 Å².